The van der Waals surface area contributed by atoms with Crippen molar-refractivity contribution in [3.63, 3.8) is 0 Å². The van der Waals surface area contributed by atoms with Crippen molar-refractivity contribution in [2.45, 2.75) is 32.2 Å². The molecule has 2 aromatic carbocycles. The van der Waals surface area contributed by atoms with Gasteiger partial charge in [0.1, 0.15) is 11.6 Å². The first-order valence-corrected chi connectivity index (χ1v) is 9.88. The van der Waals surface area contributed by atoms with Crippen molar-refractivity contribution in [1.29, 1.82) is 0 Å². The Morgan fingerprint density at radius 2 is 1.82 bits per heavy atom. The van der Waals surface area contributed by atoms with Crippen LogP contribution in [0.4, 0.5) is 11.4 Å². The lowest BCUT2D eigenvalue weighted by molar-refractivity contribution is 0.415. The van der Waals surface area contributed by atoms with Gasteiger partial charge in [0, 0.05) is 36.0 Å². The van der Waals surface area contributed by atoms with E-state index in [9.17, 15) is 0 Å². The van der Waals surface area contributed by atoms with Gasteiger partial charge in [-0.2, -0.15) is 0 Å². The number of anilines is 2. The molecule has 0 atom stereocenters. The SMILES string of the molecule is COc1cccc(NC(=S)Nc2ccc(-c3nnc4n3CCCCC4)cc2)c1. The number of thiocarbonyl (C=S) groups is 1. The number of nitrogens with zero attached hydrogens (tertiary/aromatic N) is 3. The highest BCUT2D eigenvalue weighted by Gasteiger charge is 2.15. The van der Waals surface area contributed by atoms with Gasteiger partial charge < -0.3 is 19.9 Å². The maximum Gasteiger partial charge on any atom is 0.175 e. The van der Waals surface area contributed by atoms with Crippen molar-refractivity contribution in [3.8, 4) is 17.1 Å². The summed E-state index contributed by atoms with van der Waals surface area (Å²) < 4.78 is 7.49. The molecule has 28 heavy (non-hydrogen) atoms. The number of benzene rings is 2. The smallest absolute Gasteiger partial charge is 0.175 e. The molecule has 0 amide bonds. The number of nitrogens with one attached hydrogen (secondary N) is 2. The molecule has 3 aromatic rings. The Kier molecular flexibility index (Phi) is 5.53. The van der Waals surface area contributed by atoms with Crippen LogP contribution in [-0.2, 0) is 13.0 Å². The molecule has 2 heterocycles. The molecule has 1 aliphatic heterocycles. The predicted molar refractivity (Wildman–Crippen MR) is 116 cm³/mol. The lowest BCUT2D eigenvalue weighted by atomic mass is 10.2. The topological polar surface area (TPSA) is 64.0 Å². The third-order valence-corrected chi connectivity index (χ3v) is 5.04. The van der Waals surface area contributed by atoms with Crippen LogP contribution in [-0.4, -0.2) is 27.0 Å². The van der Waals surface area contributed by atoms with Crippen LogP contribution in [0.5, 0.6) is 5.75 Å². The summed E-state index contributed by atoms with van der Waals surface area (Å²) in [6.07, 6.45) is 4.64. The maximum atomic E-state index is 5.42. The summed E-state index contributed by atoms with van der Waals surface area (Å²) in [5.41, 5.74) is 2.86. The number of fused-ring (bicyclic) bond motifs is 1. The molecule has 0 bridgehead atoms. The van der Waals surface area contributed by atoms with Crippen molar-refractivity contribution in [2.24, 2.45) is 0 Å². The highest BCUT2D eigenvalue weighted by atomic mass is 32.1. The molecule has 0 unspecified atom stereocenters. The monoisotopic (exact) mass is 393 g/mol. The highest BCUT2D eigenvalue weighted by molar-refractivity contribution is 7.80. The van der Waals surface area contributed by atoms with Gasteiger partial charge in [0.05, 0.1) is 7.11 Å². The molecule has 0 spiro atoms. The molecule has 1 aliphatic rings. The van der Waals surface area contributed by atoms with Crippen LogP contribution in [0.15, 0.2) is 48.5 Å². The molecule has 6 nitrogen and oxygen atoms in total. The van der Waals surface area contributed by atoms with Gasteiger partial charge in [0.2, 0.25) is 0 Å². The molecule has 4 rings (SSSR count). The second kappa shape index (κ2) is 8.39. The zero-order valence-corrected chi connectivity index (χ0v) is 16.6. The first-order valence-electron chi connectivity index (χ1n) is 9.47. The Morgan fingerprint density at radius 3 is 2.64 bits per heavy atom. The van der Waals surface area contributed by atoms with Gasteiger partial charge in [-0.1, -0.05) is 12.5 Å². The largest absolute Gasteiger partial charge is 0.497 e. The first-order chi connectivity index (χ1) is 13.7. The maximum absolute atomic E-state index is 5.42. The number of hydrogen-bond donors (Lipinski definition) is 2. The normalized spacial score (nSPS) is 13.3. The predicted octanol–water partition coefficient (Wildman–Crippen LogP) is 4.49. The van der Waals surface area contributed by atoms with E-state index in [0.29, 0.717) is 5.11 Å². The zero-order chi connectivity index (χ0) is 19.3. The minimum absolute atomic E-state index is 0.525. The Balaban J connectivity index is 1.43. The number of ether oxygens (including phenoxy) is 1. The molecule has 0 saturated heterocycles. The molecule has 0 radical (unpaired) electrons. The van der Waals surface area contributed by atoms with E-state index in [1.54, 1.807) is 7.11 Å². The first kappa shape index (κ1) is 18.4. The van der Waals surface area contributed by atoms with Crippen molar-refractivity contribution in [2.75, 3.05) is 17.7 Å². The fraction of sp³-hybridized carbons (Fsp3) is 0.286. The van der Waals surface area contributed by atoms with Crippen LogP contribution in [0.2, 0.25) is 0 Å². The van der Waals surface area contributed by atoms with E-state index in [1.807, 2.05) is 36.4 Å². The Morgan fingerprint density at radius 1 is 1.00 bits per heavy atom. The van der Waals surface area contributed by atoms with Gasteiger partial charge in [0.25, 0.3) is 0 Å². The third kappa shape index (κ3) is 4.14. The van der Waals surface area contributed by atoms with Gasteiger partial charge in [0.15, 0.2) is 10.9 Å². The van der Waals surface area contributed by atoms with Gasteiger partial charge in [-0.25, -0.2) is 0 Å². The van der Waals surface area contributed by atoms with Crippen LogP contribution >= 0.6 is 12.2 Å². The summed E-state index contributed by atoms with van der Waals surface area (Å²) in [5, 5.41) is 15.7. The quantitative estimate of drug-likeness (QED) is 0.637. The van der Waals surface area contributed by atoms with Crippen LogP contribution in [0.25, 0.3) is 11.4 Å². The van der Waals surface area contributed by atoms with Gasteiger partial charge in [-0.15, -0.1) is 10.2 Å². The van der Waals surface area contributed by atoms with Crippen molar-refractivity contribution >= 4 is 28.7 Å². The van der Waals surface area contributed by atoms with E-state index in [1.165, 1.54) is 19.3 Å². The Labute approximate surface area is 169 Å². The number of methoxy groups -OCH3 is 1. The number of rotatable bonds is 4. The minimum atomic E-state index is 0.525. The van der Waals surface area contributed by atoms with Gasteiger partial charge in [-0.3, -0.25) is 0 Å². The summed E-state index contributed by atoms with van der Waals surface area (Å²) in [4.78, 5) is 0. The zero-order valence-electron chi connectivity index (χ0n) is 15.8. The number of aromatic nitrogens is 3. The molecule has 144 valence electrons. The summed E-state index contributed by atoms with van der Waals surface area (Å²) in [6, 6.07) is 15.8. The summed E-state index contributed by atoms with van der Waals surface area (Å²) in [5.74, 6) is 2.82. The summed E-state index contributed by atoms with van der Waals surface area (Å²) in [6.45, 7) is 0.992. The highest BCUT2D eigenvalue weighted by Crippen LogP contribution is 2.24. The van der Waals surface area contributed by atoms with E-state index in [-0.39, 0.29) is 0 Å². The number of aryl methyl sites for hydroxylation is 1. The second-order valence-corrected chi connectivity index (χ2v) is 7.20. The van der Waals surface area contributed by atoms with Crippen molar-refractivity contribution in [3.05, 3.63) is 54.4 Å². The Bertz CT molecular complexity index is 967. The molecule has 1 aromatic heterocycles. The van der Waals surface area contributed by atoms with Gasteiger partial charge in [-0.05, 0) is 61.5 Å². The molecular formula is C21H23N5OS. The summed E-state index contributed by atoms with van der Waals surface area (Å²) in [7, 11) is 1.64. The van der Waals surface area contributed by atoms with Crippen LogP contribution in [0.3, 0.4) is 0 Å². The average molecular weight is 394 g/mol. The van der Waals surface area contributed by atoms with E-state index in [4.69, 9.17) is 17.0 Å². The molecule has 0 fully saturated rings. The lowest BCUT2D eigenvalue weighted by Gasteiger charge is -2.12. The van der Waals surface area contributed by atoms with Crippen molar-refractivity contribution < 1.29 is 4.74 Å². The molecule has 2 N–H and O–H groups in total. The second-order valence-electron chi connectivity index (χ2n) is 6.79. The van der Waals surface area contributed by atoms with Crippen molar-refractivity contribution in [1.82, 2.24) is 14.8 Å². The molecule has 0 aliphatic carbocycles. The lowest BCUT2D eigenvalue weighted by Crippen LogP contribution is -2.18. The fourth-order valence-electron chi connectivity index (χ4n) is 3.40. The minimum Gasteiger partial charge on any atom is -0.497 e. The number of hydrogen-bond acceptors (Lipinski definition) is 4. The van der Waals surface area contributed by atoms with E-state index in [2.05, 4.69) is 37.5 Å². The average Bonchev–Trinajstić information content (AvgIpc) is 2.97. The third-order valence-electron chi connectivity index (χ3n) is 4.84. The van der Waals surface area contributed by atoms with E-state index < -0.39 is 0 Å². The Hall–Kier alpha value is -2.93. The molecule has 7 heteroatoms. The summed E-state index contributed by atoms with van der Waals surface area (Å²) >= 11 is 5.42. The standard InChI is InChI=1S/C21H23N5OS/c1-27-18-7-5-6-17(14-18)23-21(28)22-16-11-9-15(10-12-16)20-25-24-19-8-3-2-4-13-26(19)20/h5-7,9-12,14H,2-4,8,13H2,1H3,(H2,22,23,28). The van der Waals surface area contributed by atoms with Crippen LogP contribution < -0.4 is 15.4 Å². The van der Waals surface area contributed by atoms with Crippen LogP contribution in [0.1, 0.15) is 25.1 Å². The molecule has 0 saturated carbocycles. The van der Waals surface area contributed by atoms with Gasteiger partial charge >= 0.3 is 0 Å². The fourth-order valence-corrected chi connectivity index (χ4v) is 3.63. The van der Waals surface area contributed by atoms with Crippen LogP contribution in [0, 0.1) is 0 Å². The molecular weight excluding hydrogens is 370 g/mol. The van der Waals surface area contributed by atoms with E-state index >= 15 is 0 Å². The van der Waals surface area contributed by atoms with E-state index in [0.717, 1.165) is 47.3 Å².